The van der Waals surface area contributed by atoms with Gasteiger partial charge < -0.3 is 14.6 Å². The summed E-state index contributed by atoms with van der Waals surface area (Å²) in [4.78, 5) is 0. The molecule has 0 bridgehead atoms. The Hall–Kier alpha value is -3.01. The summed E-state index contributed by atoms with van der Waals surface area (Å²) < 4.78 is 16.5. The molecule has 1 aromatic heterocycles. The number of fused-ring (bicyclic) bond motifs is 1. The van der Waals surface area contributed by atoms with Gasteiger partial charge in [-0.15, -0.1) is 0 Å². The summed E-state index contributed by atoms with van der Waals surface area (Å²) in [6, 6.07) is 15.0. The van der Waals surface area contributed by atoms with Crippen LogP contribution in [0.4, 0.5) is 0 Å². The molecule has 0 atom stereocenters. The first-order valence-electron chi connectivity index (χ1n) is 7.58. The van der Waals surface area contributed by atoms with E-state index < -0.39 is 0 Å². The van der Waals surface area contributed by atoms with Gasteiger partial charge >= 0.3 is 11.3 Å². The molecule has 1 N–H and O–H groups in total. The third kappa shape index (κ3) is 2.91. The van der Waals surface area contributed by atoms with Crippen molar-refractivity contribution in [2.45, 2.75) is 6.92 Å². The molecule has 0 saturated carbocycles. The lowest BCUT2D eigenvalue weighted by molar-refractivity contribution is 0.373. The number of benzene rings is 2. The Morgan fingerprint density at radius 2 is 1.67 bits per heavy atom. The van der Waals surface area contributed by atoms with Crippen molar-refractivity contribution in [2.24, 2.45) is 0 Å². The van der Waals surface area contributed by atoms with Gasteiger partial charge in [0.1, 0.15) is 0 Å². The van der Waals surface area contributed by atoms with Crippen LogP contribution >= 0.6 is 0 Å². The van der Waals surface area contributed by atoms with E-state index in [4.69, 9.17) is 13.9 Å². The largest absolute Gasteiger partial charge is 0.504 e. The van der Waals surface area contributed by atoms with Gasteiger partial charge in [-0.1, -0.05) is 18.2 Å². The third-order valence-corrected chi connectivity index (χ3v) is 3.87. The molecule has 0 aliphatic rings. The fraction of sp³-hybridized carbons (Fsp3) is 0.150. The number of phenolic OH excluding ortho intramolecular Hbond substituents is 1. The van der Waals surface area contributed by atoms with Crippen molar-refractivity contribution < 1.29 is 19.0 Å². The number of para-hydroxylation sites is 2. The molecule has 0 aliphatic carbocycles. The molecule has 0 amide bonds. The number of allylic oxidation sites excluding steroid dienone is 1. The molecule has 2 aromatic carbocycles. The van der Waals surface area contributed by atoms with Crippen LogP contribution in [0.3, 0.4) is 0 Å². The van der Waals surface area contributed by atoms with Crippen molar-refractivity contribution >= 4 is 22.6 Å². The molecule has 24 heavy (non-hydrogen) atoms. The molecule has 0 spiro atoms. The lowest BCUT2D eigenvalue weighted by Gasteiger charge is -2.05. The van der Waals surface area contributed by atoms with E-state index in [9.17, 15) is 5.11 Å². The fourth-order valence-electron chi connectivity index (χ4n) is 2.58. The molecule has 0 saturated heterocycles. The second-order valence-electron chi connectivity index (χ2n) is 5.40. The lowest BCUT2D eigenvalue weighted by atomic mass is 10.1. The number of aromatic hydroxyl groups is 1. The van der Waals surface area contributed by atoms with E-state index in [1.54, 1.807) is 13.2 Å². The Bertz CT molecular complexity index is 913. The first-order valence-corrected chi connectivity index (χ1v) is 7.58. The van der Waals surface area contributed by atoms with Crippen molar-refractivity contribution in [1.82, 2.24) is 0 Å². The molecule has 4 heteroatoms. The number of ether oxygens (including phenoxy) is 2. The molecule has 0 aliphatic heterocycles. The number of hydrogen-bond donors (Lipinski definition) is 1. The molecule has 4 nitrogen and oxygen atoms in total. The van der Waals surface area contributed by atoms with Gasteiger partial charge in [0.05, 0.1) is 25.2 Å². The molecule has 0 radical (unpaired) electrons. The van der Waals surface area contributed by atoms with Crippen molar-refractivity contribution in [2.75, 3.05) is 14.2 Å². The Labute approximate surface area is 140 Å². The Balaban J connectivity index is 2.07. The van der Waals surface area contributed by atoms with Gasteiger partial charge in [0.25, 0.3) is 0 Å². The van der Waals surface area contributed by atoms with Gasteiger partial charge in [-0.25, -0.2) is 4.42 Å². The molecule has 1 heterocycles. The van der Waals surface area contributed by atoms with Gasteiger partial charge in [-0.2, -0.15) is 0 Å². The molecule has 3 aromatic rings. The molecular formula is C20H19O4+. The van der Waals surface area contributed by atoms with Crippen LogP contribution in [-0.2, 0) is 0 Å². The first-order chi connectivity index (χ1) is 11.6. The zero-order valence-electron chi connectivity index (χ0n) is 13.9. The highest BCUT2D eigenvalue weighted by atomic mass is 16.5. The second kappa shape index (κ2) is 6.62. The average Bonchev–Trinajstić information content (AvgIpc) is 2.62. The van der Waals surface area contributed by atoms with Crippen molar-refractivity contribution in [3.05, 3.63) is 59.9 Å². The second-order valence-corrected chi connectivity index (χ2v) is 5.40. The predicted molar refractivity (Wildman–Crippen MR) is 95.4 cm³/mol. The van der Waals surface area contributed by atoms with E-state index in [0.29, 0.717) is 28.4 Å². The molecule has 0 unspecified atom stereocenters. The first kappa shape index (κ1) is 15.9. The standard InChI is InChI=1S/C20H18O4/c1-13(12-15-7-5-8-17(22-2)19(15)21)16-11-10-14-6-4-9-18(23-3)20(14)24-16/h4-12H,1-3H3/p+1/b13-12-. The van der Waals surface area contributed by atoms with Crippen LogP contribution in [-0.4, -0.2) is 19.3 Å². The smallest absolute Gasteiger partial charge is 0.402 e. The summed E-state index contributed by atoms with van der Waals surface area (Å²) in [6.45, 7) is 1.93. The van der Waals surface area contributed by atoms with Crippen LogP contribution in [0.25, 0.3) is 22.6 Å². The monoisotopic (exact) mass is 323 g/mol. The van der Waals surface area contributed by atoms with Crippen LogP contribution < -0.4 is 9.47 Å². The molecular weight excluding hydrogens is 304 g/mol. The van der Waals surface area contributed by atoms with Crippen LogP contribution in [0.5, 0.6) is 17.2 Å². The Kier molecular flexibility index (Phi) is 4.38. The summed E-state index contributed by atoms with van der Waals surface area (Å²) in [7, 11) is 3.15. The fourth-order valence-corrected chi connectivity index (χ4v) is 2.58. The maximum Gasteiger partial charge on any atom is 0.402 e. The minimum Gasteiger partial charge on any atom is -0.504 e. The van der Waals surface area contributed by atoms with Gasteiger partial charge in [0.15, 0.2) is 11.5 Å². The predicted octanol–water partition coefficient (Wildman–Crippen LogP) is 5.00. The molecule has 122 valence electrons. The van der Waals surface area contributed by atoms with Crippen LogP contribution in [0.2, 0.25) is 0 Å². The number of hydrogen-bond acceptors (Lipinski definition) is 3. The third-order valence-electron chi connectivity index (χ3n) is 3.87. The summed E-state index contributed by atoms with van der Waals surface area (Å²) in [6.07, 6.45) is 1.86. The summed E-state index contributed by atoms with van der Waals surface area (Å²) in [5.41, 5.74) is 2.24. The number of methoxy groups -OCH3 is 2. The number of phenols is 1. The normalized spacial score (nSPS) is 11.5. The number of rotatable bonds is 4. The molecule has 3 rings (SSSR count). The topological polar surface area (TPSA) is 50.0 Å². The van der Waals surface area contributed by atoms with E-state index >= 15 is 0 Å². The minimum atomic E-state index is 0.109. The minimum absolute atomic E-state index is 0.109. The van der Waals surface area contributed by atoms with E-state index in [-0.39, 0.29) is 5.75 Å². The van der Waals surface area contributed by atoms with Crippen molar-refractivity contribution in [3.8, 4) is 17.2 Å². The highest BCUT2D eigenvalue weighted by Gasteiger charge is 2.18. The highest BCUT2D eigenvalue weighted by molar-refractivity contribution is 5.86. The summed E-state index contributed by atoms with van der Waals surface area (Å²) in [5, 5.41) is 11.2. The van der Waals surface area contributed by atoms with E-state index in [0.717, 1.165) is 11.0 Å². The van der Waals surface area contributed by atoms with Gasteiger partial charge in [-0.05, 0) is 37.3 Å². The van der Waals surface area contributed by atoms with Gasteiger partial charge in [0.2, 0.25) is 5.75 Å². The quantitative estimate of drug-likeness (QED) is 0.687. The zero-order valence-corrected chi connectivity index (χ0v) is 13.9. The zero-order chi connectivity index (χ0) is 17.1. The molecule has 0 fully saturated rings. The van der Waals surface area contributed by atoms with Gasteiger partial charge in [0, 0.05) is 11.6 Å². The van der Waals surface area contributed by atoms with Crippen LogP contribution in [0, 0.1) is 0 Å². The SMILES string of the molecule is COc1cccc(/C=C(/C)c2ccc3cccc(OC)c3[o+]2)c1O. The lowest BCUT2D eigenvalue weighted by Crippen LogP contribution is -1.88. The van der Waals surface area contributed by atoms with E-state index in [1.807, 2.05) is 55.5 Å². The Morgan fingerprint density at radius 3 is 2.42 bits per heavy atom. The van der Waals surface area contributed by atoms with E-state index in [2.05, 4.69) is 0 Å². The summed E-state index contributed by atoms with van der Waals surface area (Å²) >= 11 is 0. The maximum atomic E-state index is 10.2. The van der Waals surface area contributed by atoms with Crippen molar-refractivity contribution in [1.29, 1.82) is 0 Å². The summed E-state index contributed by atoms with van der Waals surface area (Å²) in [5.74, 6) is 1.94. The maximum absolute atomic E-state index is 10.2. The average molecular weight is 323 g/mol. The van der Waals surface area contributed by atoms with Crippen LogP contribution in [0.15, 0.2) is 52.9 Å². The van der Waals surface area contributed by atoms with Gasteiger partial charge in [-0.3, -0.25) is 0 Å². The Morgan fingerprint density at radius 1 is 0.958 bits per heavy atom. The van der Waals surface area contributed by atoms with E-state index in [1.165, 1.54) is 7.11 Å². The van der Waals surface area contributed by atoms with Crippen molar-refractivity contribution in [3.63, 3.8) is 0 Å². The highest BCUT2D eigenvalue weighted by Crippen LogP contribution is 2.33. The van der Waals surface area contributed by atoms with Crippen LogP contribution in [0.1, 0.15) is 18.2 Å².